The molecular formula is C17H17ClF3IO4S. The Hall–Kier alpha value is -1.04. The van der Waals surface area contributed by atoms with Crippen LogP contribution in [0.1, 0.15) is 16.7 Å². The lowest BCUT2D eigenvalue weighted by atomic mass is 10.1. The standard InChI is InChI=1S/C16H17ClIO.CHF3O3S/c1-10-7-11(2)16(12(3)8-10)18-13-5-6-15(19-4)14(17)9-13;2-1(3,4)8(5,6)7/h5-9H,1-4H3;(H,5,6,7)/q+1;/p-1. The van der Waals surface area contributed by atoms with Gasteiger partial charge in [0.25, 0.3) is 0 Å². The molecule has 0 amide bonds. The molecule has 0 aliphatic carbocycles. The molecule has 0 saturated heterocycles. The summed E-state index contributed by atoms with van der Waals surface area (Å²) in [5, 5.41) is 0.696. The number of hydrogen-bond acceptors (Lipinski definition) is 4. The molecule has 0 N–H and O–H groups in total. The normalized spacial score (nSPS) is 11.6. The van der Waals surface area contributed by atoms with Gasteiger partial charge in [0, 0.05) is 17.2 Å². The minimum absolute atomic E-state index is 0.202. The van der Waals surface area contributed by atoms with Crippen LogP contribution in [0.15, 0.2) is 30.3 Å². The molecule has 150 valence electrons. The molecule has 0 atom stereocenters. The number of methoxy groups -OCH3 is 1. The second kappa shape index (κ2) is 9.44. The van der Waals surface area contributed by atoms with Gasteiger partial charge >= 0.3 is 26.7 Å². The van der Waals surface area contributed by atoms with E-state index in [0.29, 0.717) is 5.02 Å². The number of hydrogen-bond donors (Lipinski definition) is 0. The van der Waals surface area contributed by atoms with Gasteiger partial charge in [0.2, 0.25) is 0 Å². The third-order valence-corrected chi connectivity index (χ3v) is 7.58. The van der Waals surface area contributed by atoms with Gasteiger partial charge in [-0.05, 0) is 32.9 Å². The van der Waals surface area contributed by atoms with Crippen molar-refractivity contribution in [3.63, 3.8) is 0 Å². The second-order valence-electron chi connectivity index (χ2n) is 5.49. The Morgan fingerprint density at radius 1 is 1.07 bits per heavy atom. The van der Waals surface area contributed by atoms with Crippen LogP contribution in [0, 0.1) is 27.9 Å². The summed E-state index contributed by atoms with van der Waals surface area (Å²) in [5.74, 6) is 0.742. The highest BCUT2D eigenvalue weighted by Gasteiger charge is 2.36. The van der Waals surface area contributed by atoms with Crippen LogP contribution in [0.2, 0.25) is 5.02 Å². The Bertz CT molecular complexity index is 892. The van der Waals surface area contributed by atoms with Crippen LogP contribution >= 0.6 is 11.6 Å². The summed E-state index contributed by atoms with van der Waals surface area (Å²) in [5.41, 5.74) is -1.54. The third-order valence-electron chi connectivity index (χ3n) is 3.18. The Morgan fingerprint density at radius 3 is 1.93 bits per heavy atom. The fourth-order valence-electron chi connectivity index (χ4n) is 2.12. The molecule has 0 aliphatic rings. The van der Waals surface area contributed by atoms with E-state index in [4.69, 9.17) is 29.3 Å². The molecule has 0 bridgehead atoms. The maximum Gasteiger partial charge on any atom is 0.485 e. The quantitative estimate of drug-likeness (QED) is 0.339. The molecule has 0 fully saturated rings. The van der Waals surface area contributed by atoms with Gasteiger partial charge in [0.05, 0.1) is 12.1 Å². The van der Waals surface area contributed by atoms with Crippen LogP contribution < -0.4 is 25.9 Å². The molecule has 0 aromatic heterocycles. The topological polar surface area (TPSA) is 66.4 Å². The molecule has 4 nitrogen and oxygen atoms in total. The summed E-state index contributed by atoms with van der Waals surface area (Å²) < 4.78 is 66.9. The number of alkyl halides is 3. The van der Waals surface area contributed by atoms with Gasteiger partial charge in [0.1, 0.15) is 5.75 Å². The molecule has 0 aliphatic heterocycles. The highest BCUT2D eigenvalue weighted by molar-refractivity contribution is 7.86. The molecule has 0 radical (unpaired) electrons. The summed E-state index contributed by atoms with van der Waals surface area (Å²) >= 11 is 5.99. The van der Waals surface area contributed by atoms with Gasteiger partial charge < -0.3 is 9.29 Å². The van der Waals surface area contributed by atoms with Crippen LogP contribution in [0.4, 0.5) is 13.2 Å². The monoisotopic (exact) mass is 536 g/mol. The lowest BCUT2D eigenvalue weighted by Gasteiger charge is -2.08. The van der Waals surface area contributed by atoms with E-state index < -0.39 is 15.6 Å². The summed E-state index contributed by atoms with van der Waals surface area (Å²) in [7, 11) is -4.45. The van der Waals surface area contributed by atoms with Gasteiger partial charge in [-0.15, -0.1) is 0 Å². The average molecular weight is 537 g/mol. The number of aryl methyl sites for hydroxylation is 3. The highest BCUT2D eigenvalue weighted by atomic mass is 127. The number of benzene rings is 2. The maximum atomic E-state index is 10.7. The Balaban J connectivity index is 0.000000387. The SMILES string of the molecule is COc1ccc([I+]c2c(C)cc(C)cc2C)cc1Cl.O=S(=O)([O-])C(F)(F)F. The van der Waals surface area contributed by atoms with Gasteiger partial charge in [-0.25, -0.2) is 8.42 Å². The molecule has 0 unspecified atom stereocenters. The van der Waals surface area contributed by atoms with Crippen molar-refractivity contribution < 1.29 is 52.1 Å². The Kier molecular flexibility index (Phi) is 8.39. The zero-order valence-electron chi connectivity index (χ0n) is 14.8. The zero-order chi connectivity index (χ0) is 21.0. The Morgan fingerprint density at radius 2 is 1.56 bits per heavy atom. The average Bonchev–Trinajstić information content (AvgIpc) is 2.49. The predicted molar refractivity (Wildman–Crippen MR) is 91.8 cm³/mol. The number of rotatable bonds is 3. The van der Waals surface area contributed by atoms with E-state index in [1.54, 1.807) is 7.11 Å². The van der Waals surface area contributed by atoms with E-state index in [-0.39, 0.29) is 21.2 Å². The van der Waals surface area contributed by atoms with Crippen molar-refractivity contribution >= 4 is 21.7 Å². The summed E-state index contributed by atoms with van der Waals surface area (Å²) in [6, 6.07) is 10.6. The molecule has 2 rings (SSSR count). The van der Waals surface area contributed by atoms with E-state index in [2.05, 4.69) is 39.0 Å². The molecule has 0 heterocycles. The van der Waals surface area contributed by atoms with E-state index in [9.17, 15) is 13.2 Å². The molecule has 2 aromatic carbocycles. The minimum Gasteiger partial charge on any atom is -0.741 e. The van der Waals surface area contributed by atoms with Crippen molar-refractivity contribution in [3.05, 3.63) is 59.2 Å². The first-order chi connectivity index (χ1) is 12.3. The van der Waals surface area contributed by atoms with Gasteiger partial charge in [-0.1, -0.05) is 29.3 Å². The molecular weight excluding hydrogens is 520 g/mol. The fourth-order valence-corrected chi connectivity index (χ4v) is 5.17. The third kappa shape index (κ3) is 7.13. The lowest BCUT2D eigenvalue weighted by Crippen LogP contribution is -3.62. The van der Waals surface area contributed by atoms with Crippen LogP contribution in [-0.2, 0) is 10.1 Å². The van der Waals surface area contributed by atoms with E-state index in [1.165, 1.54) is 23.8 Å². The number of ether oxygens (including phenoxy) is 1. The molecule has 0 spiro atoms. The van der Waals surface area contributed by atoms with E-state index >= 15 is 0 Å². The van der Waals surface area contributed by atoms with Crippen molar-refractivity contribution in [2.45, 2.75) is 26.3 Å². The summed E-state index contributed by atoms with van der Waals surface area (Å²) in [4.78, 5) is 0. The highest BCUT2D eigenvalue weighted by Crippen LogP contribution is 2.22. The molecule has 0 saturated carbocycles. The van der Waals surface area contributed by atoms with Gasteiger partial charge in [0.15, 0.2) is 17.3 Å². The smallest absolute Gasteiger partial charge is 0.485 e. The van der Waals surface area contributed by atoms with Crippen LogP contribution in [0.3, 0.4) is 0 Å². The van der Waals surface area contributed by atoms with E-state index in [0.717, 1.165) is 5.75 Å². The van der Waals surface area contributed by atoms with Crippen molar-refractivity contribution in [2.75, 3.05) is 7.11 Å². The molecule has 27 heavy (non-hydrogen) atoms. The fraction of sp³-hybridized carbons (Fsp3) is 0.294. The first-order valence-corrected chi connectivity index (χ1v) is 11.3. The summed E-state index contributed by atoms with van der Waals surface area (Å²) in [6.07, 6.45) is 0. The van der Waals surface area contributed by atoms with Crippen molar-refractivity contribution in [1.82, 2.24) is 0 Å². The van der Waals surface area contributed by atoms with E-state index in [1.807, 2.05) is 12.1 Å². The molecule has 10 heteroatoms. The van der Waals surface area contributed by atoms with Crippen LogP contribution in [0.5, 0.6) is 5.75 Å². The largest absolute Gasteiger partial charge is 0.741 e. The maximum absolute atomic E-state index is 10.7. The number of halogens is 5. The zero-order valence-corrected chi connectivity index (χ0v) is 18.5. The first kappa shape index (κ1) is 24.0. The van der Waals surface area contributed by atoms with Crippen molar-refractivity contribution in [1.29, 1.82) is 0 Å². The lowest BCUT2D eigenvalue weighted by molar-refractivity contribution is -0.598. The first-order valence-electron chi connectivity index (χ1n) is 7.34. The minimum atomic E-state index is -6.09. The Labute approximate surface area is 171 Å². The van der Waals surface area contributed by atoms with Crippen molar-refractivity contribution in [2.24, 2.45) is 0 Å². The van der Waals surface area contributed by atoms with Crippen LogP contribution in [-0.4, -0.2) is 25.6 Å². The van der Waals surface area contributed by atoms with Gasteiger partial charge in [-0.3, -0.25) is 0 Å². The second-order valence-corrected chi connectivity index (χ2v) is 10.1. The van der Waals surface area contributed by atoms with Gasteiger partial charge in [-0.2, -0.15) is 13.2 Å². The summed E-state index contributed by atoms with van der Waals surface area (Å²) in [6.45, 7) is 6.53. The molecule has 2 aromatic rings. The predicted octanol–water partition coefficient (Wildman–Crippen LogP) is 1.45. The van der Waals surface area contributed by atoms with Crippen LogP contribution in [0.25, 0.3) is 0 Å². The van der Waals surface area contributed by atoms with Crippen molar-refractivity contribution in [3.8, 4) is 5.75 Å².